The highest BCUT2D eigenvalue weighted by Gasteiger charge is 2.28. The largest absolute Gasteiger partial charge is 0.271 e. The lowest BCUT2D eigenvalue weighted by Crippen LogP contribution is -2.39. The van der Waals surface area contributed by atoms with Crippen LogP contribution in [0.15, 0.2) is 82.8 Å². The van der Waals surface area contributed by atoms with Gasteiger partial charge in [0.1, 0.15) is 6.54 Å². The van der Waals surface area contributed by atoms with E-state index in [9.17, 15) is 13.2 Å². The van der Waals surface area contributed by atoms with E-state index in [4.69, 9.17) is 11.6 Å². The van der Waals surface area contributed by atoms with Crippen LogP contribution in [0.5, 0.6) is 0 Å². The Kier molecular flexibility index (Phi) is 7.09. The number of hydrogen-bond donors (Lipinski definition) is 1. The van der Waals surface area contributed by atoms with Gasteiger partial charge in [0.25, 0.3) is 15.9 Å². The second-order valence-electron chi connectivity index (χ2n) is 6.98. The van der Waals surface area contributed by atoms with Crippen LogP contribution in [0.3, 0.4) is 0 Å². The van der Waals surface area contributed by atoms with Crippen molar-refractivity contribution in [3.8, 4) is 0 Å². The zero-order chi connectivity index (χ0) is 22.4. The van der Waals surface area contributed by atoms with E-state index in [-0.39, 0.29) is 15.6 Å². The minimum Gasteiger partial charge on any atom is -0.271 e. The fourth-order valence-electron chi connectivity index (χ4n) is 2.79. The number of anilines is 1. The van der Waals surface area contributed by atoms with E-state index in [0.29, 0.717) is 0 Å². The lowest BCUT2D eigenvalue weighted by atomic mass is 10.2. The maximum Gasteiger partial charge on any atom is 0.264 e. The Hall–Kier alpha value is -3.16. The highest BCUT2D eigenvalue weighted by Crippen LogP contribution is 2.30. The van der Waals surface area contributed by atoms with Crippen molar-refractivity contribution in [3.63, 3.8) is 0 Å². The summed E-state index contributed by atoms with van der Waals surface area (Å²) in [6.45, 7) is 3.35. The van der Waals surface area contributed by atoms with Gasteiger partial charge in [0.2, 0.25) is 0 Å². The minimum atomic E-state index is -4.03. The number of sulfonamides is 1. The number of carbonyl (C=O) groups excluding carboxylic acids is 1. The molecule has 0 saturated heterocycles. The zero-order valence-corrected chi connectivity index (χ0v) is 18.7. The topological polar surface area (TPSA) is 78.8 Å². The number of amides is 1. The minimum absolute atomic E-state index is 0.0639. The lowest BCUT2D eigenvalue weighted by Gasteiger charge is -2.24. The first-order valence-corrected chi connectivity index (χ1v) is 11.3. The molecule has 0 spiro atoms. The fraction of sp³-hybridized carbons (Fsp3) is 0.130. The summed E-state index contributed by atoms with van der Waals surface area (Å²) in [5, 5.41) is 4.14. The van der Waals surface area contributed by atoms with E-state index in [2.05, 4.69) is 10.5 Å². The molecule has 0 aliphatic carbocycles. The van der Waals surface area contributed by atoms with Crippen molar-refractivity contribution in [3.05, 3.63) is 94.5 Å². The monoisotopic (exact) mass is 455 g/mol. The molecule has 1 N–H and O–H groups in total. The number of nitrogens with zero attached hydrogens (tertiary/aromatic N) is 2. The lowest BCUT2D eigenvalue weighted by molar-refractivity contribution is -0.119. The molecule has 0 aliphatic heterocycles. The number of halogens is 1. The summed E-state index contributed by atoms with van der Waals surface area (Å²) in [7, 11) is -4.03. The van der Waals surface area contributed by atoms with Crippen molar-refractivity contribution >= 4 is 39.4 Å². The van der Waals surface area contributed by atoms with Crippen LogP contribution in [0.4, 0.5) is 5.69 Å². The van der Waals surface area contributed by atoms with Crippen LogP contribution in [0.25, 0.3) is 0 Å². The fourth-order valence-corrected chi connectivity index (χ4v) is 4.52. The predicted molar refractivity (Wildman–Crippen MR) is 124 cm³/mol. The molecule has 0 atom stereocenters. The molecule has 3 aromatic carbocycles. The van der Waals surface area contributed by atoms with E-state index in [1.165, 1.54) is 18.3 Å². The van der Waals surface area contributed by atoms with E-state index in [1.807, 2.05) is 38.1 Å². The molecule has 0 saturated carbocycles. The summed E-state index contributed by atoms with van der Waals surface area (Å²) in [5.74, 6) is -0.598. The molecule has 0 aromatic heterocycles. The van der Waals surface area contributed by atoms with Gasteiger partial charge < -0.3 is 0 Å². The van der Waals surface area contributed by atoms with Gasteiger partial charge in [-0.2, -0.15) is 5.10 Å². The quantitative estimate of drug-likeness (QED) is 0.426. The number of hydrogen-bond acceptors (Lipinski definition) is 4. The van der Waals surface area contributed by atoms with Gasteiger partial charge >= 0.3 is 0 Å². The van der Waals surface area contributed by atoms with Gasteiger partial charge in [-0.15, -0.1) is 0 Å². The standard InChI is InChI=1S/C23H22ClN3O3S/c1-17-7-11-19(12-8-17)15-25-26-23(28)16-27(22-6-4-3-5-21(22)24)31(29,30)20-13-9-18(2)10-14-20/h3-15H,16H2,1-2H3,(H,26,28)/b25-15-. The van der Waals surface area contributed by atoms with Gasteiger partial charge in [0, 0.05) is 0 Å². The first-order chi connectivity index (χ1) is 14.8. The number of rotatable bonds is 7. The van der Waals surface area contributed by atoms with Gasteiger partial charge in [-0.25, -0.2) is 13.8 Å². The van der Waals surface area contributed by atoms with Gasteiger partial charge in [0.05, 0.1) is 21.8 Å². The van der Waals surface area contributed by atoms with Crippen LogP contribution >= 0.6 is 11.6 Å². The van der Waals surface area contributed by atoms with Crippen LogP contribution in [0, 0.1) is 13.8 Å². The molecule has 1 amide bonds. The van der Waals surface area contributed by atoms with Crippen LogP contribution in [-0.4, -0.2) is 27.1 Å². The van der Waals surface area contributed by atoms with E-state index >= 15 is 0 Å². The highest BCUT2D eigenvalue weighted by atomic mass is 35.5. The van der Waals surface area contributed by atoms with Gasteiger partial charge in [-0.05, 0) is 43.7 Å². The first-order valence-electron chi connectivity index (χ1n) is 9.50. The average molecular weight is 456 g/mol. The highest BCUT2D eigenvalue weighted by molar-refractivity contribution is 7.92. The number of hydrazone groups is 1. The Labute approximate surface area is 187 Å². The first kappa shape index (κ1) is 22.5. The molecule has 0 bridgehead atoms. The van der Waals surface area contributed by atoms with E-state index in [0.717, 1.165) is 21.0 Å². The molecule has 0 radical (unpaired) electrons. The third-order valence-electron chi connectivity index (χ3n) is 4.50. The number of benzene rings is 3. The average Bonchev–Trinajstić information content (AvgIpc) is 2.74. The number of aryl methyl sites for hydroxylation is 2. The summed E-state index contributed by atoms with van der Waals surface area (Å²) in [5.41, 5.74) is 5.43. The zero-order valence-electron chi connectivity index (χ0n) is 17.1. The molecule has 0 fully saturated rings. The second-order valence-corrected chi connectivity index (χ2v) is 9.25. The van der Waals surface area contributed by atoms with Gasteiger partial charge in [-0.1, -0.05) is 71.3 Å². The summed E-state index contributed by atoms with van der Waals surface area (Å²) in [6, 6.07) is 20.5. The molecule has 3 rings (SSSR count). The Balaban J connectivity index is 1.85. The van der Waals surface area contributed by atoms with Crippen LogP contribution in [0.1, 0.15) is 16.7 Å². The van der Waals surface area contributed by atoms with Crippen molar-refractivity contribution in [2.75, 3.05) is 10.8 Å². The van der Waals surface area contributed by atoms with Gasteiger partial charge in [-0.3, -0.25) is 9.10 Å². The molecule has 0 unspecified atom stereocenters. The Morgan fingerprint density at radius 1 is 0.968 bits per heavy atom. The maximum absolute atomic E-state index is 13.3. The number of para-hydroxylation sites is 1. The van der Waals surface area contributed by atoms with Crippen LogP contribution in [-0.2, 0) is 14.8 Å². The molecule has 160 valence electrons. The normalized spacial score (nSPS) is 11.5. The van der Waals surface area contributed by atoms with Gasteiger partial charge in [0.15, 0.2) is 0 Å². The Morgan fingerprint density at radius 2 is 1.55 bits per heavy atom. The van der Waals surface area contributed by atoms with Crippen molar-refractivity contribution in [2.24, 2.45) is 5.10 Å². The molecule has 0 heterocycles. The molecule has 8 heteroatoms. The summed E-state index contributed by atoms with van der Waals surface area (Å²) in [6.07, 6.45) is 1.49. The Morgan fingerprint density at radius 3 is 2.16 bits per heavy atom. The van der Waals surface area contributed by atoms with Crippen molar-refractivity contribution in [2.45, 2.75) is 18.7 Å². The van der Waals surface area contributed by atoms with Crippen molar-refractivity contribution in [1.29, 1.82) is 0 Å². The number of nitrogens with one attached hydrogen (secondary N) is 1. The van der Waals surface area contributed by atoms with Crippen molar-refractivity contribution < 1.29 is 13.2 Å². The molecule has 0 aliphatic rings. The third kappa shape index (κ3) is 5.71. The molecule has 3 aromatic rings. The predicted octanol–water partition coefficient (Wildman–Crippen LogP) is 4.30. The molecular formula is C23H22ClN3O3S. The summed E-state index contributed by atoms with van der Waals surface area (Å²) >= 11 is 6.25. The maximum atomic E-state index is 13.3. The second kappa shape index (κ2) is 9.76. The molecule has 31 heavy (non-hydrogen) atoms. The molecular weight excluding hydrogens is 434 g/mol. The number of carbonyl (C=O) groups is 1. The van der Waals surface area contributed by atoms with E-state index < -0.39 is 22.5 Å². The summed E-state index contributed by atoms with van der Waals surface area (Å²) < 4.78 is 27.6. The van der Waals surface area contributed by atoms with Crippen LogP contribution < -0.4 is 9.73 Å². The smallest absolute Gasteiger partial charge is 0.264 e. The third-order valence-corrected chi connectivity index (χ3v) is 6.59. The molecule has 6 nitrogen and oxygen atoms in total. The SMILES string of the molecule is Cc1ccc(/C=N\NC(=O)CN(c2ccccc2Cl)S(=O)(=O)c2ccc(C)cc2)cc1. The van der Waals surface area contributed by atoms with Crippen molar-refractivity contribution in [1.82, 2.24) is 5.43 Å². The summed E-state index contributed by atoms with van der Waals surface area (Å²) in [4.78, 5) is 12.6. The van der Waals surface area contributed by atoms with E-state index in [1.54, 1.807) is 36.4 Å². The van der Waals surface area contributed by atoms with Crippen LogP contribution in [0.2, 0.25) is 5.02 Å². The Bertz CT molecular complexity index is 1190.